The van der Waals surface area contributed by atoms with Crippen LogP contribution < -0.4 is 14.8 Å². The molecule has 6 heteroatoms. The number of carbonyl (C=O) groups is 1. The van der Waals surface area contributed by atoms with Crippen LogP contribution in [0.15, 0.2) is 30.3 Å². The number of hydrogen-bond donors (Lipinski definition) is 1. The minimum absolute atomic E-state index is 0.0622. The van der Waals surface area contributed by atoms with Crippen molar-refractivity contribution in [3.8, 4) is 11.5 Å². The summed E-state index contributed by atoms with van der Waals surface area (Å²) >= 11 is 6.01. The summed E-state index contributed by atoms with van der Waals surface area (Å²) in [4.78, 5) is 12.2. The van der Waals surface area contributed by atoms with E-state index in [9.17, 15) is 9.18 Å². The highest BCUT2D eigenvalue weighted by atomic mass is 35.5. The van der Waals surface area contributed by atoms with Gasteiger partial charge in [-0.15, -0.1) is 0 Å². The molecule has 0 radical (unpaired) electrons. The monoisotopic (exact) mass is 307 g/mol. The van der Waals surface area contributed by atoms with Crippen LogP contribution in [0, 0.1) is 12.7 Å². The molecule has 1 aliphatic rings. The summed E-state index contributed by atoms with van der Waals surface area (Å²) in [5.41, 5.74) is 1.15. The molecule has 21 heavy (non-hydrogen) atoms. The number of amides is 1. The third-order valence-electron chi connectivity index (χ3n) is 3.06. The van der Waals surface area contributed by atoms with Gasteiger partial charge in [-0.05, 0) is 36.8 Å². The van der Waals surface area contributed by atoms with Crippen molar-refractivity contribution in [1.29, 1.82) is 0 Å². The van der Waals surface area contributed by atoms with E-state index in [0.29, 0.717) is 11.5 Å². The van der Waals surface area contributed by atoms with Crippen LogP contribution in [0.1, 0.15) is 15.9 Å². The zero-order chi connectivity index (χ0) is 15.0. The Hall–Kier alpha value is -2.27. The van der Waals surface area contributed by atoms with Crippen LogP contribution >= 0.6 is 11.6 Å². The second-order valence-electron chi connectivity index (χ2n) is 4.63. The first-order chi connectivity index (χ1) is 10.0. The molecule has 0 unspecified atom stereocenters. The number of rotatable bonds is 2. The lowest BCUT2D eigenvalue weighted by atomic mass is 10.1. The molecule has 0 fully saturated rings. The summed E-state index contributed by atoms with van der Waals surface area (Å²) in [6, 6.07) is 7.54. The maximum atomic E-state index is 13.7. The molecule has 0 aromatic heterocycles. The molecule has 4 nitrogen and oxygen atoms in total. The van der Waals surface area contributed by atoms with E-state index < -0.39 is 11.7 Å². The lowest BCUT2D eigenvalue weighted by Gasteiger charge is -2.08. The van der Waals surface area contributed by atoms with Gasteiger partial charge in [-0.25, -0.2) is 4.39 Å². The Morgan fingerprint density at radius 2 is 2.10 bits per heavy atom. The predicted molar refractivity (Wildman–Crippen MR) is 76.7 cm³/mol. The molecule has 1 aliphatic heterocycles. The van der Waals surface area contributed by atoms with Crippen molar-refractivity contribution in [2.24, 2.45) is 0 Å². The summed E-state index contributed by atoms with van der Waals surface area (Å²) in [5, 5.41) is 2.78. The maximum Gasteiger partial charge on any atom is 0.255 e. The lowest BCUT2D eigenvalue weighted by Crippen LogP contribution is -2.13. The Kier molecular flexibility index (Phi) is 3.43. The zero-order valence-corrected chi connectivity index (χ0v) is 11.8. The molecule has 1 amide bonds. The van der Waals surface area contributed by atoms with Crippen LogP contribution in [0.5, 0.6) is 11.5 Å². The van der Waals surface area contributed by atoms with Crippen molar-refractivity contribution in [3.05, 3.63) is 52.3 Å². The first-order valence-electron chi connectivity index (χ1n) is 6.21. The molecular weight excluding hydrogens is 297 g/mol. The van der Waals surface area contributed by atoms with Gasteiger partial charge in [0.2, 0.25) is 6.79 Å². The third kappa shape index (κ3) is 2.64. The number of carbonyl (C=O) groups excluding carboxylic acids is 1. The number of ether oxygens (including phenoxy) is 2. The topological polar surface area (TPSA) is 47.6 Å². The first-order valence-corrected chi connectivity index (χ1v) is 6.59. The molecule has 2 aromatic rings. The fourth-order valence-electron chi connectivity index (χ4n) is 2.01. The normalized spacial score (nSPS) is 12.3. The second kappa shape index (κ2) is 5.26. The molecule has 2 aromatic carbocycles. The zero-order valence-electron chi connectivity index (χ0n) is 11.1. The van der Waals surface area contributed by atoms with Crippen LogP contribution in [0.4, 0.5) is 10.1 Å². The molecular formula is C15H11ClFNO3. The molecule has 0 saturated heterocycles. The summed E-state index contributed by atoms with van der Waals surface area (Å²) in [5.74, 6) is -0.153. The number of halogens is 2. The van der Waals surface area contributed by atoms with Crippen LogP contribution in [-0.2, 0) is 0 Å². The lowest BCUT2D eigenvalue weighted by molar-refractivity contribution is 0.102. The number of anilines is 1. The van der Waals surface area contributed by atoms with Crippen LogP contribution in [0.3, 0.4) is 0 Å². The molecule has 3 rings (SSSR count). The van der Waals surface area contributed by atoms with E-state index in [1.54, 1.807) is 13.0 Å². The summed E-state index contributed by atoms with van der Waals surface area (Å²) in [6.07, 6.45) is 0. The molecule has 0 atom stereocenters. The Bertz CT molecular complexity index is 733. The fourth-order valence-corrected chi connectivity index (χ4v) is 2.28. The van der Waals surface area contributed by atoms with Gasteiger partial charge in [0.25, 0.3) is 5.91 Å². The predicted octanol–water partition coefficient (Wildman–Crippen LogP) is 3.77. The Balaban J connectivity index is 1.87. The third-order valence-corrected chi connectivity index (χ3v) is 3.34. The summed E-state index contributed by atoms with van der Waals surface area (Å²) in [6.45, 7) is 1.83. The van der Waals surface area contributed by atoms with Crippen molar-refractivity contribution in [3.63, 3.8) is 0 Å². The van der Waals surface area contributed by atoms with Gasteiger partial charge in [0.1, 0.15) is 5.82 Å². The number of fused-ring (bicyclic) bond motifs is 1. The van der Waals surface area contributed by atoms with E-state index >= 15 is 0 Å². The second-order valence-corrected chi connectivity index (χ2v) is 5.04. The number of benzene rings is 2. The van der Waals surface area contributed by atoms with Crippen molar-refractivity contribution in [1.82, 2.24) is 0 Å². The minimum atomic E-state index is -0.491. The Morgan fingerprint density at radius 3 is 2.86 bits per heavy atom. The van der Waals surface area contributed by atoms with E-state index in [1.807, 2.05) is 0 Å². The molecule has 0 aliphatic carbocycles. The molecule has 0 saturated carbocycles. The average Bonchev–Trinajstić information content (AvgIpc) is 2.90. The van der Waals surface area contributed by atoms with Gasteiger partial charge in [-0.3, -0.25) is 4.79 Å². The first kappa shape index (κ1) is 13.7. The maximum absolute atomic E-state index is 13.7. The minimum Gasteiger partial charge on any atom is -0.454 e. The summed E-state index contributed by atoms with van der Waals surface area (Å²) < 4.78 is 24.1. The van der Waals surface area contributed by atoms with Gasteiger partial charge in [0.15, 0.2) is 11.5 Å². The highest BCUT2D eigenvalue weighted by Crippen LogP contribution is 2.39. The Morgan fingerprint density at radius 1 is 1.29 bits per heavy atom. The van der Waals surface area contributed by atoms with Gasteiger partial charge >= 0.3 is 0 Å². The van der Waals surface area contributed by atoms with Crippen molar-refractivity contribution >= 4 is 23.2 Å². The highest BCUT2D eigenvalue weighted by Gasteiger charge is 2.21. The molecule has 0 spiro atoms. The molecule has 0 bridgehead atoms. The SMILES string of the molecule is Cc1ccc(NC(=O)c2cc(Cl)c3c(c2)OCO3)c(F)c1. The highest BCUT2D eigenvalue weighted by molar-refractivity contribution is 6.32. The van der Waals surface area contributed by atoms with Gasteiger partial charge in [-0.1, -0.05) is 17.7 Å². The molecule has 108 valence electrons. The van der Waals surface area contributed by atoms with Gasteiger partial charge < -0.3 is 14.8 Å². The largest absolute Gasteiger partial charge is 0.454 e. The van der Waals surface area contributed by atoms with Gasteiger partial charge in [0, 0.05) is 5.56 Å². The van der Waals surface area contributed by atoms with Crippen molar-refractivity contribution in [2.75, 3.05) is 12.1 Å². The summed E-state index contributed by atoms with van der Waals surface area (Å²) in [7, 11) is 0. The van der Waals surface area contributed by atoms with Crippen LogP contribution in [0.25, 0.3) is 0 Å². The standard InChI is InChI=1S/C15H11ClFNO3/c1-8-2-3-12(11(17)4-8)18-15(19)9-5-10(16)14-13(6-9)20-7-21-14/h2-6H,7H2,1H3,(H,18,19). The number of nitrogens with one attached hydrogen (secondary N) is 1. The average molecular weight is 308 g/mol. The number of hydrogen-bond acceptors (Lipinski definition) is 3. The van der Waals surface area contributed by atoms with Crippen molar-refractivity contribution in [2.45, 2.75) is 6.92 Å². The van der Waals surface area contributed by atoms with Gasteiger partial charge in [0.05, 0.1) is 10.7 Å². The van der Waals surface area contributed by atoms with E-state index in [-0.39, 0.29) is 23.1 Å². The van der Waals surface area contributed by atoms with E-state index in [1.165, 1.54) is 24.3 Å². The molecule has 1 heterocycles. The van der Waals surface area contributed by atoms with Crippen molar-refractivity contribution < 1.29 is 18.7 Å². The fraction of sp³-hybridized carbons (Fsp3) is 0.133. The van der Waals surface area contributed by atoms with E-state index in [0.717, 1.165) is 5.56 Å². The van der Waals surface area contributed by atoms with Gasteiger partial charge in [-0.2, -0.15) is 0 Å². The Labute approximate surface area is 125 Å². The quantitative estimate of drug-likeness (QED) is 0.918. The number of aryl methyl sites for hydroxylation is 1. The molecule has 1 N–H and O–H groups in total. The van der Waals surface area contributed by atoms with E-state index in [4.69, 9.17) is 21.1 Å². The van der Waals surface area contributed by atoms with E-state index in [2.05, 4.69) is 5.32 Å². The van der Waals surface area contributed by atoms with Crippen LogP contribution in [0.2, 0.25) is 5.02 Å². The van der Waals surface area contributed by atoms with Crippen LogP contribution in [-0.4, -0.2) is 12.7 Å². The smallest absolute Gasteiger partial charge is 0.255 e.